The molecule has 8 heteroatoms. The molecule has 0 aliphatic carbocycles. The van der Waals surface area contributed by atoms with Crippen molar-refractivity contribution in [1.82, 2.24) is 9.88 Å². The number of nitrogens with zero attached hydrogens (tertiary/aromatic N) is 2. The summed E-state index contributed by atoms with van der Waals surface area (Å²) in [4.78, 5) is 30.7. The molecule has 0 radical (unpaired) electrons. The normalized spacial score (nSPS) is 20.5. The number of aromatic nitrogens is 1. The number of amides is 1. The zero-order chi connectivity index (χ0) is 17.3. The number of aryl methyl sites for hydroxylation is 1. The van der Waals surface area contributed by atoms with Gasteiger partial charge in [-0.05, 0) is 25.5 Å². The van der Waals surface area contributed by atoms with Crippen molar-refractivity contribution in [3.05, 3.63) is 29.0 Å². The molecule has 1 aliphatic heterocycles. The first-order valence-corrected chi connectivity index (χ1v) is 8.38. The van der Waals surface area contributed by atoms with Crippen molar-refractivity contribution in [2.45, 2.75) is 31.9 Å². The zero-order valence-electron chi connectivity index (χ0n) is 13.4. The number of rotatable bonds is 5. The van der Waals surface area contributed by atoms with Crippen LogP contribution in [0.15, 0.2) is 22.8 Å². The minimum absolute atomic E-state index is 0.0974. The number of hydrogen-bond acceptors (Lipinski definition) is 6. The van der Waals surface area contributed by atoms with Gasteiger partial charge in [-0.2, -0.15) is 0 Å². The Morgan fingerprint density at radius 3 is 2.96 bits per heavy atom. The fourth-order valence-electron chi connectivity index (χ4n) is 2.92. The lowest BCUT2D eigenvalue weighted by Crippen LogP contribution is -2.37. The van der Waals surface area contributed by atoms with Crippen LogP contribution in [0, 0.1) is 6.92 Å². The number of aliphatic carboxylic acids is 1. The second-order valence-corrected chi connectivity index (χ2v) is 6.91. The van der Waals surface area contributed by atoms with Gasteiger partial charge >= 0.3 is 5.97 Å². The van der Waals surface area contributed by atoms with E-state index in [2.05, 4.69) is 4.98 Å². The lowest BCUT2D eigenvalue weighted by atomic mass is 10.1. The molecule has 0 bridgehead atoms. The number of carbonyl (C=O) groups excluding carboxylic acids is 1. The molecule has 2 unspecified atom stereocenters. The number of hydrogen-bond donors (Lipinski definition) is 1. The Balaban J connectivity index is 1.86. The summed E-state index contributed by atoms with van der Waals surface area (Å²) in [5.41, 5.74) is 0.346. The average Bonchev–Trinajstić information content (AvgIpc) is 3.24. The number of likely N-dealkylation sites (tertiary alicyclic amines) is 1. The van der Waals surface area contributed by atoms with Crippen LogP contribution in [-0.2, 0) is 9.53 Å². The molecular weight excluding hydrogens is 332 g/mol. The van der Waals surface area contributed by atoms with Gasteiger partial charge in [-0.3, -0.25) is 9.59 Å². The SMILES string of the molecule is COC1CC(CC(=O)O)N(C(=O)c2nc(-c3ccco3)sc2C)C1. The highest BCUT2D eigenvalue weighted by molar-refractivity contribution is 7.15. The molecule has 1 saturated heterocycles. The molecule has 24 heavy (non-hydrogen) atoms. The average molecular weight is 350 g/mol. The third-order valence-electron chi connectivity index (χ3n) is 4.11. The highest BCUT2D eigenvalue weighted by atomic mass is 32.1. The molecule has 3 rings (SSSR count). The number of carboxylic acids is 1. The molecule has 2 atom stereocenters. The van der Waals surface area contributed by atoms with Crippen molar-refractivity contribution in [1.29, 1.82) is 0 Å². The lowest BCUT2D eigenvalue weighted by Gasteiger charge is -2.22. The molecule has 1 N–H and O–H groups in total. The molecule has 128 valence electrons. The van der Waals surface area contributed by atoms with Crippen molar-refractivity contribution >= 4 is 23.2 Å². The van der Waals surface area contributed by atoms with Crippen LogP contribution < -0.4 is 0 Å². The summed E-state index contributed by atoms with van der Waals surface area (Å²) in [5.74, 6) is -0.575. The number of carboxylic acid groups (broad SMARTS) is 1. The van der Waals surface area contributed by atoms with Crippen molar-refractivity contribution in [3.8, 4) is 10.8 Å². The van der Waals surface area contributed by atoms with Crippen LogP contribution in [0.25, 0.3) is 10.8 Å². The van der Waals surface area contributed by atoms with Gasteiger partial charge in [0, 0.05) is 24.6 Å². The maximum absolute atomic E-state index is 12.9. The maximum atomic E-state index is 12.9. The largest absolute Gasteiger partial charge is 0.481 e. The van der Waals surface area contributed by atoms with E-state index >= 15 is 0 Å². The van der Waals surface area contributed by atoms with Crippen LogP contribution >= 0.6 is 11.3 Å². The number of ether oxygens (including phenoxy) is 1. The number of methoxy groups -OCH3 is 1. The van der Waals surface area contributed by atoms with E-state index < -0.39 is 5.97 Å². The lowest BCUT2D eigenvalue weighted by molar-refractivity contribution is -0.138. The fraction of sp³-hybridized carbons (Fsp3) is 0.438. The van der Waals surface area contributed by atoms with E-state index in [1.807, 2.05) is 6.92 Å². The van der Waals surface area contributed by atoms with Crippen molar-refractivity contribution in [2.75, 3.05) is 13.7 Å². The highest BCUT2D eigenvalue weighted by Crippen LogP contribution is 2.31. The van der Waals surface area contributed by atoms with E-state index in [-0.39, 0.29) is 24.5 Å². The van der Waals surface area contributed by atoms with Crippen LogP contribution in [0.3, 0.4) is 0 Å². The summed E-state index contributed by atoms with van der Waals surface area (Å²) >= 11 is 1.38. The second kappa shape index (κ2) is 6.74. The minimum atomic E-state index is -0.930. The van der Waals surface area contributed by atoms with Crippen LogP contribution in [0.2, 0.25) is 0 Å². The predicted molar refractivity (Wildman–Crippen MR) is 87.0 cm³/mol. The maximum Gasteiger partial charge on any atom is 0.305 e. The van der Waals surface area contributed by atoms with Crippen molar-refractivity contribution in [3.63, 3.8) is 0 Å². The van der Waals surface area contributed by atoms with Gasteiger partial charge < -0.3 is 19.2 Å². The summed E-state index contributed by atoms with van der Waals surface area (Å²) in [7, 11) is 1.57. The minimum Gasteiger partial charge on any atom is -0.481 e. The van der Waals surface area contributed by atoms with E-state index in [0.717, 1.165) is 4.88 Å². The summed E-state index contributed by atoms with van der Waals surface area (Å²) in [6, 6.07) is 3.17. The Bertz CT molecular complexity index is 740. The molecule has 2 aromatic rings. The Labute approximate surface area is 142 Å². The second-order valence-electron chi connectivity index (χ2n) is 5.70. The van der Waals surface area contributed by atoms with Gasteiger partial charge in [-0.1, -0.05) is 0 Å². The Morgan fingerprint density at radius 2 is 2.33 bits per heavy atom. The van der Waals surface area contributed by atoms with E-state index in [0.29, 0.717) is 29.4 Å². The number of thiazole rings is 1. The van der Waals surface area contributed by atoms with Gasteiger partial charge in [0.25, 0.3) is 5.91 Å². The standard InChI is InChI=1S/C16H18N2O5S/c1-9-14(17-15(24-9)12-4-3-5-23-12)16(21)18-8-11(22-2)6-10(18)7-13(19)20/h3-5,10-11H,6-8H2,1-2H3,(H,19,20). The zero-order valence-corrected chi connectivity index (χ0v) is 14.2. The molecule has 7 nitrogen and oxygen atoms in total. The summed E-state index contributed by atoms with van der Waals surface area (Å²) in [6.45, 7) is 2.20. The van der Waals surface area contributed by atoms with Crippen LogP contribution in [0.5, 0.6) is 0 Å². The van der Waals surface area contributed by atoms with Crippen LogP contribution in [-0.4, -0.2) is 52.7 Å². The summed E-state index contributed by atoms with van der Waals surface area (Å²) in [6.07, 6.45) is 1.82. The smallest absolute Gasteiger partial charge is 0.305 e. The fourth-order valence-corrected chi connectivity index (χ4v) is 3.80. The first-order valence-electron chi connectivity index (χ1n) is 7.56. The van der Waals surface area contributed by atoms with Crippen LogP contribution in [0.4, 0.5) is 0 Å². The quantitative estimate of drug-likeness (QED) is 0.890. The van der Waals surface area contributed by atoms with Gasteiger partial charge in [0.1, 0.15) is 5.69 Å². The highest BCUT2D eigenvalue weighted by Gasteiger charge is 2.38. The van der Waals surface area contributed by atoms with Crippen molar-refractivity contribution in [2.24, 2.45) is 0 Å². The molecule has 0 spiro atoms. The van der Waals surface area contributed by atoms with E-state index in [9.17, 15) is 9.59 Å². The predicted octanol–water partition coefficient (Wildman–Crippen LogP) is 2.42. The molecular formula is C16H18N2O5S. The van der Waals surface area contributed by atoms with Gasteiger partial charge in [0.05, 0.1) is 18.8 Å². The first-order chi connectivity index (χ1) is 11.5. The summed E-state index contributed by atoms with van der Waals surface area (Å²) < 4.78 is 10.6. The van der Waals surface area contributed by atoms with E-state index in [4.69, 9.17) is 14.3 Å². The van der Waals surface area contributed by atoms with Gasteiger partial charge in [-0.25, -0.2) is 4.98 Å². The topological polar surface area (TPSA) is 92.9 Å². The molecule has 3 heterocycles. The molecule has 0 aromatic carbocycles. The number of furan rings is 1. The first kappa shape index (κ1) is 16.7. The van der Waals surface area contributed by atoms with Gasteiger partial charge in [0.15, 0.2) is 10.8 Å². The Hall–Kier alpha value is -2.19. The van der Waals surface area contributed by atoms with Gasteiger partial charge in [0.2, 0.25) is 0 Å². The van der Waals surface area contributed by atoms with Gasteiger partial charge in [-0.15, -0.1) is 11.3 Å². The van der Waals surface area contributed by atoms with E-state index in [1.54, 1.807) is 30.4 Å². The Morgan fingerprint density at radius 1 is 1.54 bits per heavy atom. The van der Waals surface area contributed by atoms with E-state index in [1.165, 1.54) is 11.3 Å². The molecule has 0 saturated carbocycles. The molecule has 2 aromatic heterocycles. The Kier molecular flexibility index (Phi) is 4.68. The number of carbonyl (C=O) groups is 2. The van der Waals surface area contributed by atoms with Crippen LogP contribution in [0.1, 0.15) is 28.2 Å². The monoisotopic (exact) mass is 350 g/mol. The summed E-state index contributed by atoms with van der Waals surface area (Å²) in [5, 5.41) is 9.72. The molecule has 1 fully saturated rings. The molecule has 1 aliphatic rings. The third kappa shape index (κ3) is 3.20. The van der Waals surface area contributed by atoms with Crippen molar-refractivity contribution < 1.29 is 23.8 Å². The molecule has 1 amide bonds. The third-order valence-corrected chi connectivity index (χ3v) is 5.10.